The first-order valence-electron chi connectivity index (χ1n) is 16.4. The second-order valence-corrected chi connectivity index (χ2v) is 14.6. The van der Waals surface area contributed by atoms with Crippen molar-refractivity contribution in [3.05, 3.63) is 53.9 Å². The molecule has 2 fully saturated rings. The summed E-state index contributed by atoms with van der Waals surface area (Å²) in [6.45, 7) is 5.24. The van der Waals surface area contributed by atoms with Gasteiger partial charge in [-0.3, -0.25) is 9.59 Å². The van der Waals surface area contributed by atoms with E-state index in [1.807, 2.05) is 53.9 Å². The standard InChI is InChI=1S/C35H41N5O7S/c1-34(2,3)47-33(45)38-25-15-8-6-4-5-7-12-21-19-35(21,32(43)44)39-29(41)26-18-22(20-40(26)31(25)42)46-30-28(27-16-11-17-48-27)36-23-13-9-10-14-24(23)37-30/h7,9-14,16-17,21-22,25-26H,4-6,8,15,18-20H2,1-3H3,(H,38,45)(H,39,41)(H,43,44)/b12-7-/t21-,22+,25+,26-,35+/m0/s1. The van der Waals surface area contributed by atoms with Gasteiger partial charge >= 0.3 is 12.1 Å². The number of carbonyl (C=O) groups excluding carboxylic acids is 3. The smallest absolute Gasteiger partial charge is 0.408 e. The second kappa shape index (κ2) is 13.5. The Morgan fingerprint density at radius 1 is 1.08 bits per heavy atom. The van der Waals surface area contributed by atoms with Gasteiger partial charge in [-0.05, 0) is 70.0 Å². The summed E-state index contributed by atoms with van der Waals surface area (Å²) in [6.07, 6.45) is 6.18. The molecule has 12 nitrogen and oxygen atoms in total. The van der Waals surface area contributed by atoms with Crippen molar-refractivity contribution in [3.8, 4) is 16.5 Å². The highest BCUT2D eigenvalue weighted by Gasteiger charge is 2.61. The molecule has 6 rings (SSSR count). The number of ether oxygens (including phenoxy) is 2. The van der Waals surface area contributed by atoms with E-state index in [4.69, 9.17) is 19.4 Å². The molecule has 2 aromatic heterocycles. The van der Waals surface area contributed by atoms with Gasteiger partial charge in [0, 0.05) is 12.3 Å². The first-order chi connectivity index (χ1) is 22.9. The molecule has 1 aromatic carbocycles. The Kier molecular flexibility index (Phi) is 9.41. The van der Waals surface area contributed by atoms with Gasteiger partial charge in [0.25, 0.3) is 0 Å². The zero-order valence-electron chi connectivity index (χ0n) is 27.3. The van der Waals surface area contributed by atoms with Gasteiger partial charge in [0.1, 0.15) is 35.0 Å². The summed E-state index contributed by atoms with van der Waals surface area (Å²) in [6, 6.07) is 9.27. The normalized spacial score (nSPS) is 27.1. The highest BCUT2D eigenvalue weighted by Crippen LogP contribution is 2.45. The third-order valence-corrected chi connectivity index (χ3v) is 9.76. The fourth-order valence-corrected chi connectivity index (χ4v) is 7.10. The fraction of sp³-hybridized carbons (Fsp3) is 0.486. The highest BCUT2D eigenvalue weighted by molar-refractivity contribution is 7.13. The molecule has 3 aromatic rings. The Bertz CT molecular complexity index is 1720. The number of thiophene rings is 1. The predicted octanol–water partition coefficient (Wildman–Crippen LogP) is 5.08. The zero-order valence-corrected chi connectivity index (χ0v) is 28.1. The molecule has 254 valence electrons. The van der Waals surface area contributed by atoms with Crippen LogP contribution in [-0.2, 0) is 19.1 Å². The predicted molar refractivity (Wildman–Crippen MR) is 179 cm³/mol. The van der Waals surface area contributed by atoms with E-state index in [-0.39, 0.29) is 31.2 Å². The summed E-state index contributed by atoms with van der Waals surface area (Å²) in [7, 11) is 0. The number of carboxylic acids is 1. The van der Waals surface area contributed by atoms with E-state index in [2.05, 4.69) is 10.6 Å². The summed E-state index contributed by atoms with van der Waals surface area (Å²) in [5.41, 5.74) is -0.337. The van der Waals surface area contributed by atoms with Crippen LogP contribution in [0.1, 0.15) is 65.7 Å². The van der Waals surface area contributed by atoms with E-state index in [0.29, 0.717) is 29.6 Å². The molecule has 5 atom stereocenters. The van der Waals surface area contributed by atoms with Gasteiger partial charge in [-0.15, -0.1) is 11.3 Å². The van der Waals surface area contributed by atoms with Crippen LogP contribution in [0.2, 0.25) is 0 Å². The van der Waals surface area contributed by atoms with Crippen LogP contribution in [0, 0.1) is 5.92 Å². The Hall–Kier alpha value is -4.52. The van der Waals surface area contributed by atoms with Crippen molar-refractivity contribution >= 4 is 46.2 Å². The average Bonchev–Trinajstić information content (AvgIpc) is 3.34. The minimum absolute atomic E-state index is 0.0191. The van der Waals surface area contributed by atoms with Gasteiger partial charge in [0.15, 0.2) is 0 Å². The van der Waals surface area contributed by atoms with Crippen LogP contribution in [0.3, 0.4) is 0 Å². The van der Waals surface area contributed by atoms with Crippen molar-refractivity contribution in [2.45, 2.75) is 95.0 Å². The molecule has 3 N–H and O–H groups in total. The van der Waals surface area contributed by atoms with E-state index in [9.17, 15) is 24.3 Å². The van der Waals surface area contributed by atoms with Crippen LogP contribution in [0.4, 0.5) is 4.79 Å². The summed E-state index contributed by atoms with van der Waals surface area (Å²) in [4.78, 5) is 65.5. The van der Waals surface area contributed by atoms with E-state index in [1.54, 1.807) is 20.8 Å². The number of aliphatic carboxylic acids is 1. The summed E-state index contributed by atoms with van der Waals surface area (Å²) < 4.78 is 12.0. The number of hydrogen-bond donors (Lipinski definition) is 3. The monoisotopic (exact) mass is 675 g/mol. The van der Waals surface area contributed by atoms with Crippen LogP contribution in [-0.4, -0.2) is 79.7 Å². The summed E-state index contributed by atoms with van der Waals surface area (Å²) in [5, 5.41) is 17.6. The summed E-state index contributed by atoms with van der Waals surface area (Å²) in [5.74, 6) is -2.23. The molecule has 0 radical (unpaired) electrons. The third-order valence-electron chi connectivity index (χ3n) is 8.88. The topological polar surface area (TPSA) is 160 Å². The van der Waals surface area contributed by atoms with Crippen LogP contribution in [0.15, 0.2) is 53.9 Å². The van der Waals surface area contributed by atoms with Gasteiger partial charge in [-0.2, -0.15) is 0 Å². The average molecular weight is 676 g/mol. The van der Waals surface area contributed by atoms with E-state index in [1.165, 1.54) is 16.2 Å². The number of aromatic nitrogens is 2. The van der Waals surface area contributed by atoms with Gasteiger partial charge in [-0.25, -0.2) is 19.6 Å². The molecule has 4 heterocycles. The van der Waals surface area contributed by atoms with Crippen LogP contribution < -0.4 is 15.4 Å². The maximum atomic E-state index is 14.3. The quantitative estimate of drug-likeness (QED) is 0.314. The third kappa shape index (κ3) is 7.30. The zero-order chi connectivity index (χ0) is 34.1. The van der Waals surface area contributed by atoms with Crippen LogP contribution >= 0.6 is 11.3 Å². The number of carboxylic acid groups (broad SMARTS) is 1. The lowest BCUT2D eigenvalue weighted by atomic mass is 10.0. The van der Waals surface area contributed by atoms with Crippen molar-refractivity contribution in [1.82, 2.24) is 25.5 Å². The van der Waals surface area contributed by atoms with Gasteiger partial charge in [-0.1, -0.05) is 43.2 Å². The van der Waals surface area contributed by atoms with Gasteiger partial charge in [0.05, 0.1) is 22.5 Å². The molecule has 48 heavy (non-hydrogen) atoms. The maximum Gasteiger partial charge on any atom is 0.408 e. The highest BCUT2D eigenvalue weighted by atomic mass is 32.1. The molecule has 3 amide bonds. The van der Waals surface area contributed by atoms with Crippen molar-refractivity contribution in [3.63, 3.8) is 0 Å². The van der Waals surface area contributed by atoms with Crippen LogP contribution in [0.25, 0.3) is 21.6 Å². The molecule has 0 spiro atoms. The molecule has 1 aliphatic carbocycles. The molecular weight excluding hydrogens is 634 g/mol. The second-order valence-electron chi connectivity index (χ2n) is 13.7. The molecule has 1 saturated heterocycles. The Morgan fingerprint density at radius 3 is 2.56 bits per heavy atom. The number of amides is 3. The fourth-order valence-electron chi connectivity index (χ4n) is 6.39. The number of carbonyl (C=O) groups is 4. The SMILES string of the molecule is CC(C)(C)OC(=O)N[C@@H]1CCCCC/C=C\[C@H]2C[C@@]2(C(=O)O)NC(=O)[C@@H]2C[C@@H](Oc3nc4ccccc4nc3-c3cccs3)CN2C1=O. The Morgan fingerprint density at radius 2 is 1.85 bits per heavy atom. The van der Waals surface area contributed by atoms with Crippen molar-refractivity contribution < 1.29 is 33.8 Å². The minimum atomic E-state index is -1.44. The van der Waals surface area contributed by atoms with Crippen molar-refractivity contribution in [1.29, 1.82) is 0 Å². The first-order valence-corrected chi connectivity index (χ1v) is 17.3. The van der Waals surface area contributed by atoms with Crippen LogP contribution in [0.5, 0.6) is 5.88 Å². The largest absolute Gasteiger partial charge is 0.479 e. The van der Waals surface area contributed by atoms with Crippen molar-refractivity contribution in [2.24, 2.45) is 5.92 Å². The molecule has 0 bridgehead atoms. The number of alkyl carbamates (subject to hydrolysis) is 1. The Labute approximate surface area is 282 Å². The Balaban J connectivity index is 1.32. The van der Waals surface area contributed by atoms with Crippen molar-refractivity contribution in [2.75, 3.05) is 6.54 Å². The number of para-hydroxylation sites is 2. The number of allylic oxidation sites excluding steroid dienone is 1. The number of nitrogens with zero attached hydrogens (tertiary/aromatic N) is 3. The minimum Gasteiger partial charge on any atom is -0.479 e. The lowest BCUT2D eigenvalue weighted by molar-refractivity contribution is -0.145. The maximum absolute atomic E-state index is 14.3. The molecular formula is C35H41N5O7S. The van der Waals surface area contributed by atoms with E-state index in [0.717, 1.165) is 24.1 Å². The first kappa shape index (κ1) is 33.4. The lowest BCUT2D eigenvalue weighted by Gasteiger charge is -2.30. The number of rotatable bonds is 5. The van der Waals surface area contributed by atoms with Gasteiger partial charge in [0.2, 0.25) is 17.7 Å². The lowest BCUT2D eigenvalue weighted by Crippen LogP contribution is -2.56. The number of nitrogens with one attached hydrogen (secondary N) is 2. The molecule has 13 heteroatoms. The van der Waals surface area contributed by atoms with Gasteiger partial charge < -0.3 is 30.1 Å². The number of benzene rings is 1. The molecule has 3 aliphatic rings. The molecule has 0 unspecified atom stereocenters. The van der Waals surface area contributed by atoms with E-state index < -0.39 is 53.2 Å². The van der Waals surface area contributed by atoms with E-state index >= 15 is 0 Å². The summed E-state index contributed by atoms with van der Waals surface area (Å²) >= 11 is 1.49. The number of fused-ring (bicyclic) bond motifs is 3. The molecule has 1 saturated carbocycles. The molecule has 2 aliphatic heterocycles. The number of hydrogen-bond acceptors (Lipinski definition) is 9.